The molecular formula is C7H13NO4. The summed E-state index contributed by atoms with van der Waals surface area (Å²) in [6.45, 7) is 0.537. The maximum absolute atomic E-state index is 11.0. The van der Waals surface area contributed by atoms with Crippen LogP contribution in [0.3, 0.4) is 0 Å². The van der Waals surface area contributed by atoms with E-state index in [0.29, 0.717) is 13.0 Å². The van der Waals surface area contributed by atoms with Crippen molar-refractivity contribution in [2.75, 3.05) is 13.7 Å². The van der Waals surface area contributed by atoms with Crippen molar-refractivity contribution in [3.05, 3.63) is 0 Å². The Kier molecular flexibility index (Phi) is 2.88. The molecular weight excluding hydrogens is 162 g/mol. The molecule has 0 radical (unpaired) electrons. The van der Waals surface area contributed by atoms with Crippen molar-refractivity contribution in [2.24, 2.45) is 0 Å². The second-order valence-corrected chi connectivity index (χ2v) is 2.79. The van der Waals surface area contributed by atoms with E-state index in [9.17, 15) is 4.79 Å². The lowest BCUT2D eigenvalue weighted by atomic mass is 10.2. The fourth-order valence-corrected chi connectivity index (χ4v) is 1.45. The van der Waals surface area contributed by atoms with Gasteiger partial charge >= 0.3 is 6.09 Å². The van der Waals surface area contributed by atoms with Crippen molar-refractivity contribution in [2.45, 2.75) is 25.2 Å². The van der Waals surface area contributed by atoms with Gasteiger partial charge in [-0.1, -0.05) is 0 Å². The molecule has 1 heterocycles. The third-order valence-electron chi connectivity index (χ3n) is 2.05. The number of nitrogens with zero attached hydrogens (tertiary/aromatic N) is 1. The van der Waals surface area contributed by atoms with E-state index in [1.807, 2.05) is 0 Å². The van der Waals surface area contributed by atoms with Gasteiger partial charge in [-0.3, -0.25) is 0 Å². The highest BCUT2D eigenvalue weighted by molar-refractivity contribution is 5.68. The van der Waals surface area contributed by atoms with E-state index < -0.39 is 18.4 Å². The molecule has 12 heavy (non-hydrogen) atoms. The van der Waals surface area contributed by atoms with Gasteiger partial charge in [-0.15, -0.1) is 0 Å². The predicted octanol–water partition coefficient (Wildman–Crippen LogP) is -0.472. The van der Waals surface area contributed by atoms with E-state index in [0.717, 1.165) is 6.42 Å². The smallest absolute Gasteiger partial charge is 0.409 e. The third-order valence-corrected chi connectivity index (χ3v) is 2.05. The van der Waals surface area contributed by atoms with E-state index >= 15 is 0 Å². The van der Waals surface area contributed by atoms with Gasteiger partial charge in [0.25, 0.3) is 0 Å². The molecule has 5 heteroatoms. The summed E-state index contributed by atoms with van der Waals surface area (Å²) < 4.78 is 4.48. The summed E-state index contributed by atoms with van der Waals surface area (Å²) in [4.78, 5) is 12.3. The molecule has 0 spiro atoms. The summed E-state index contributed by atoms with van der Waals surface area (Å²) in [5, 5.41) is 17.7. The van der Waals surface area contributed by atoms with Crippen molar-refractivity contribution < 1.29 is 19.7 Å². The van der Waals surface area contributed by atoms with E-state index in [2.05, 4.69) is 4.74 Å². The molecule has 1 aliphatic heterocycles. The number of carbonyl (C=O) groups is 1. The summed E-state index contributed by atoms with van der Waals surface area (Å²) in [5.41, 5.74) is 0. The Morgan fingerprint density at radius 3 is 2.83 bits per heavy atom. The molecule has 1 amide bonds. The first kappa shape index (κ1) is 9.28. The van der Waals surface area contributed by atoms with Gasteiger partial charge < -0.3 is 19.8 Å². The number of hydrogen-bond acceptors (Lipinski definition) is 4. The standard InChI is InChI=1S/C7H13NO4/c1-12-7(11)8-4-2-3-5(8)6(9)10/h5-6,9-10H,2-4H2,1H3. The maximum Gasteiger partial charge on any atom is 0.409 e. The van der Waals surface area contributed by atoms with Crippen LogP contribution in [0.15, 0.2) is 0 Å². The normalized spacial score (nSPS) is 23.3. The van der Waals surface area contributed by atoms with Gasteiger partial charge in [0.2, 0.25) is 0 Å². The zero-order valence-electron chi connectivity index (χ0n) is 6.93. The minimum atomic E-state index is -1.47. The van der Waals surface area contributed by atoms with Crippen LogP contribution in [-0.4, -0.2) is 47.2 Å². The minimum absolute atomic E-state index is 0.495. The highest BCUT2D eigenvalue weighted by atomic mass is 16.5. The average molecular weight is 175 g/mol. The quantitative estimate of drug-likeness (QED) is 0.528. The SMILES string of the molecule is COC(=O)N1CCCC1C(O)O. The minimum Gasteiger partial charge on any atom is -0.453 e. The summed E-state index contributed by atoms with van der Waals surface area (Å²) in [5.74, 6) is 0. The van der Waals surface area contributed by atoms with Crippen molar-refractivity contribution >= 4 is 6.09 Å². The number of amides is 1. The van der Waals surface area contributed by atoms with Crippen LogP contribution in [0.25, 0.3) is 0 Å². The lowest BCUT2D eigenvalue weighted by Crippen LogP contribution is -2.42. The van der Waals surface area contributed by atoms with E-state index in [-0.39, 0.29) is 0 Å². The van der Waals surface area contributed by atoms with Crippen molar-refractivity contribution in [3.63, 3.8) is 0 Å². The Morgan fingerprint density at radius 1 is 1.67 bits per heavy atom. The molecule has 1 rings (SSSR count). The van der Waals surface area contributed by atoms with Crippen LogP contribution in [0, 0.1) is 0 Å². The lowest BCUT2D eigenvalue weighted by Gasteiger charge is -2.24. The summed E-state index contributed by atoms with van der Waals surface area (Å²) in [6, 6.07) is -0.502. The molecule has 1 aliphatic rings. The van der Waals surface area contributed by atoms with Crippen LogP contribution in [0.1, 0.15) is 12.8 Å². The van der Waals surface area contributed by atoms with Gasteiger partial charge in [0.05, 0.1) is 13.2 Å². The molecule has 0 bridgehead atoms. The molecule has 0 aromatic rings. The molecule has 70 valence electrons. The van der Waals surface area contributed by atoms with Crippen LogP contribution < -0.4 is 0 Å². The number of aliphatic hydroxyl groups excluding tert-OH is 1. The summed E-state index contributed by atoms with van der Waals surface area (Å²) in [6.07, 6.45) is -0.554. The fraction of sp³-hybridized carbons (Fsp3) is 0.857. The number of ether oxygens (including phenoxy) is 1. The Labute approximate surface area is 70.5 Å². The monoisotopic (exact) mass is 175 g/mol. The molecule has 0 saturated carbocycles. The van der Waals surface area contributed by atoms with Crippen molar-refractivity contribution in [1.29, 1.82) is 0 Å². The van der Waals surface area contributed by atoms with Crippen LogP contribution in [0.4, 0.5) is 4.79 Å². The molecule has 0 aromatic carbocycles. The number of likely N-dealkylation sites (tertiary alicyclic amines) is 1. The van der Waals surface area contributed by atoms with Gasteiger partial charge in [0.1, 0.15) is 0 Å². The Bertz CT molecular complexity index is 171. The topological polar surface area (TPSA) is 70.0 Å². The van der Waals surface area contributed by atoms with E-state index in [4.69, 9.17) is 10.2 Å². The summed E-state index contributed by atoms with van der Waals surface area (Å²) in [7, 11) is 1.28. The highest BCUT2D eigenvalue weighted by Crippen LogP contribution is 2.19. The first-order chi connectivity index (χ1) is 5.66. The zero-order chi connectivity index (χ0) is 9.14. The number of methoxy groups -OCH3 is 1. The molecule has 2 N–H and O–H groups in total. The molecule has 1 fully saturated rings. The van der Waals surface area contributed by atoms with Crippen LogP contribution in [0.5, 0.6) is 0 Å². The predicted molar refractivity (Wildman–Crippen MR) is 40.4 cm³/mol. The van der Waals surface area contributed by atoms with Gasteiger partial charge in [-0.05, 0) is 12.8 Å². The van der Waals surface area contributed by atoms with E-state index in [1.165, 1.54) is 12.0 Å². The van der Waals surface area contributed by atoms with Crippen LogP contribution >= 0.6 is 0 Å². The molecule has 1 atom stereocenters. The molecule has 5 nitrogen and oxygen atoms in total. The van der Waals surface area contributed by atoms with E-state index in [1.54, 1.807) is 0 Å². The van der Waals surface area contributed by atoms with Gasteiger partial charge in [0, 0.05) is 6.54 Å². The molecule has 0 aromatic heterocycles. The Hall–Kier alpha value is -0.810. The Morgan fingerprint density at radius 2 is 2.33 bits per heavy atom. The molecule has 1 saturated heterocycles. The Balaban J connectivity index is 2.57. The first-order valence-corrected chi connectivity index (χ1v) is 3.87. The van der Waals surface area contributed by atoms with Crippen LogP contribution in [0.2, 0.25) is 0 Å². The second-order valence-electron chi connectivity index (χ2n) is 2.79. The second kappa shape index (κ2) is 3.73. The largest absolute Gasteiger partial charge is 0.453 e. The first-order valence-electron chi connectivity index (χ1n) is 3.87. The number of aliphatic hydroxyl groups is 2. The van der Waals surface area contributed by atoms with Gasteiger partial charge in [-0.2, -0.15) is 0 Å². The highest BCUT2D eigenvalue weighted by Gasteiger charge is 2.33. The number of carbonyl (C=O) groups excluding carboxylic acids is 1. The van der Waals surface area contributed by atoms with Gasteiger partial charge in [0.15, 0.2) is 6.29 Å². The van der Waals surface area contributed by atoms with Crippen LogP contribution in [-0.2, 0) is 4.74 Å². The molecule has 0 aliphatic carbocycles. The lowest BCUT2D eigenvalue weighted by molar-refractivity contribution is -0.0862. The average Bonchev–Trinajstić information content (AvgIpc) is 2.50. The van der Waals surface area contributed by atoms with Gasteiger partial charge in [-0.25, -0.2) is 4.79 Å². The van der Waals surface area contributed by atoms with Crippen molar-refractivity contribution in [3.8, 4) is 0 Å². The van der Waals surface area contributed by atoms with Crippen molar-refractivity contribution in [1.82, 2.24) is 4.90 Å². The maximum atomic E-state index is 11.0. The fourth-order valence-electron chi connectivity index (χ4n) is 1.45. The number of hydrogen-bond donors (Lipinski definition) is 2. The molecule has 1 unspecified atom stereocenters. The zero-order valence-corrected chi connectivity index (χ0v) is 6.93. The third kappa shape index (κ3) is 1.67. The summed E-state index contributed by atoms with van der Waals surface area (Å²) >= 11 is 0. The number of rotatable bonds is 1.